The average Bonchev–Trinajstić information content (AvgIpc) is 3.90. The van der Waals surface area contributed by atoms with Gasteiger partial charge in [0.1, 0.15) is 24.3 Å². The van der Waals surface area contributed by atoms with Crippen molar-refractivity contribution in [3.63, 3.8) is 0 Å². The Hall–Kier alpha value is -5.36. The van der Waals surface area contributed by atoms with Crippen LogP contribution in [0.1, 0.15) is 28.3 Å². The normalized spacial score (nSPS) is 12.9. The number of H-pyrrole nitrogens is 2. The van der Waals surface area contributed by atoms with Crippen molar-refractivity contribution < 1.29 is 45.6 Å². The predicted octanol–water partition coefficient (Wildman–Crippen LogP) is 6.96. The monoisotopic (exact) mass is 774 g/mol. The molecule has 3 aromatic carbocycles. The lowest BCUT2D eigenvalue weighted by atomic mass is 10.1. The van der Waals surface area contributed by atoms with E-state index in [-0.39, 0.29) is 34.4 Å². The molecule has 53 heavy (non-hydrogen) atoms. The molecule has 0 aliphatic carbocycles. The molecule has 0 aliphatic rings. The standard InChI is InChI=1S/C31H34F2N10O8P2/c1-19-6-15-24(38-30(44)42(28-34-17-36-40-28)26(52(46,48-2)49-3)20-7-11-22(32)12-8-20)16-25(19)39-31(45)43(29-35-18-37-41-29)27(53(47,50-4)51-5)21-9-13-23(33)14-10-21/h6-18,26-27H,1-5H3,(H,38,44)(H,39,45)(H,34,36,40)(H,35,37,41). The van der Waals surface area contributed by atoms with Crippen LogP contribution in [0.25, 0.3) is 0 Å². The van der Waals surface area contributed by atoms with Crippen LogP contribution in [0.2, 0.25) is 0 Å². The third kappa shape index (κ3) is 8.33. The van der Waals surface area contributed by atoms with Gasteiger partial charge in [-0.05, 0) is 60.0 Å². The van der Waals surface area contributed by atoms with Gasteiger partial charge in [-0.3, -0.25) is 9.13 Å². The molecule has 5 aromatic rings. The zero-order valence-corrected chi connectivity index (χ0v) is 30.5. The number of urea groups is 2. The Morgan fingerprint density at radius 2 is 1.09 bits per heavy atom. The topological polar surface area (TPSA) is 219 Å². The van der Waals surface area contributed by atoms with Gasteiger partial charge in [0.25, 0.3) is 0 Å². The summed E-state index contributed by atoms with van der Waals surface area (Å²) in [5.41, 5.74) is 1.17. The maximum absolute atomic E-state index is 14.2. The van der Waals surface area contributed by atoms with E-state index < -0.39 is 50.5 Å². The van der Waals surface area contributed by atoms with Crippen LogP contribution in [-0.4, -0.2) is 70.9 Å². The highest BCUT2D eigenvalue weighted by Gasteiger charge is 2.46. The molecule has 0 aliphatic heterocycles. The van der Waals surface area contributed by atoms with Gasteiger partial charge in [0.2, 0.25) is 11.9 Å². The highest BCUT2D eigenvalue weighted by Crippen LogP contribution is 2.63. The van der Waals surface area contributed by atoms with E-state index in [0.717, 1.165) is 75.2 Å². The molecule has 0 bridgehead atoms. The number of carbonyl (C=O) groups excluding carboxylic acids is 2. The molecule has 4 amide bonds. The number of anilines is 4. The average molecular weight is 775 g/mol. The Kier molecular flexibility index (Phi) is 12.1. The molecule has 0 radical (unpaired) electrons. The van der Waals surface area contributed by atoms with Gasteiger partial charge in [-0.15, -0.1) is 0 Å². The van der Waals surface area contributed by atoms with Crippen molar-refractivity contribution in [2.45, 2.75) is 18.5 Å². The van der Waals surface area contributed by atoms with Crippen LogP contribution >= 0.6 is 15.2 Å². The molecule has 280 valence electrons. The number of aromatic nitrogens is 6. The van der Waals surface area contributed by atoms with Gasteiger partial charge >= 0.3 is 27.3 Å². The lowest BCUT2D eigenvalue weighted by molar-refractivity contribution is 0.247. The van der Waals surface area contributed by atoms with Crippen molar-refractivity contribution in [2.24, 2.45) is 0 Å². The molecule has 0 fully saturated rings. The van der Waals surface area contributed by atoms with Gasteiger partial charge < -0.3 is 28.7 Å². The maximum atomic E-state index is 14.2. The molecule has 4 N–H and O–H groups in total. The smallest absolute Gasteiger partial charge is 0.310 e. The number of halogens is 2. The van der Waals surface area contributed by atoms with E-state index in [0.29, 0.717) is 5.56 Å². The SMILES string of the molecule is COP(=O)(OC)C(c1ccc(F)cc1)N(C(=O)Nc1ccc(C)c(NC(=O)N(c2ncn[nH]2)C(c2ccc(F)cc2)P(=O)(OC)OC)c1)c1ncn[nH]1. The van der Waals surface area contributed by atoms with Gasteiger partial charge in [-0.1, -0.05) is 30.3 Å². The number of benzene rings is 3. The summed E-state index contributed by atoms with van der Waals surface area (Å²) in [7, 11) is -3.87. The fraction of sp³-hybridized carbons (Fsp3) is 0.226. The zero-order chi connectivity index (χ0) is 38.3. The van der Waals surface area contributed by atoms with Crippen LogP contribution in [0.15, 0.2) is 79.4 Å². The van der Waals surface area contributed by atoms with E-state index in [1.165, 1.54) is 36.4 Å². The number of carbonyl (C=O) groups is 2. The Labute approximate surface area is 301 Å². The predicted molar refractivity (Wildman–Crippen MR) is 188 cm³/mol. The van der Waals surface area contributed by atoms with E-state index in [1.54, 1.807) is 13.0 Å². The minimum Gasteiger partial charge on any atom is -0.310 e. The first kappa shape index (κ1) is 38.9. The van der Waals surface area contributed by atoms with Crippen LogP contribution < -0.4 is 20.4 Å². The number of amides is 4. The third-order valence-electron chi connectivity index (χ3n) is 7.87. The first-order valence-corrected chi connectivity index (χ1v) is 18.6. The summed E-state index contributed by atoms with van der Waals surface area (Å²) in [5.74, 6) is -4.48. The second-order valence-corrected chi connectivity index (χ2v) is 15.5. The Bertz CT molecular complexity index is 2090. The molecule has 18 nitrogen and oxygen atoms in total. The molecule has 22 heteroatoms. The number of nitrogens with zero attached hydrogens (tertiary/aromatic N) is 6. The molecule has 5 rings (SSSR count). The minimum absolute atomic E-state index is 0.128. The fourth-order valence-corrected chi connectivity index (χ4v) is 8.40. The molecule has 2 aromatic heterocycles. The first-order chi connectivity index (χ1) is 25.4. The summed E-state index contributed by atoms with van der Waals surface area (Å²) in [6.07, 6.45) is 2.24. The van der Waals surface area contributed by atoms with E-state index in [1.807, 2.05) is 0 Å². The molecule has 2 heterocycles. The first-order valence-electron chi connectivity index (χ1n) is 15.3. The Balaban J connectivity index is 1.52. The molecule has 2 atom stereocenters. The number of hydrogen-bond donors (Lipinski definition) is 4. The van der Waals surface area contributed by atoms with Gasteiger partial charge in [-0.2, -0.15) is 20.2 Å². The van der Waals surface area contributed by atoms with Gasteiger partial charge in [0.15, 0.2) is 11.6 Å². The maximum Gasteiger partial charge on any atom is 0.357 e. The van der Waals surface area contributed by atoms with Crippen LogP contribution in [0.3, 0.4) is 0 Å². The van der Waals surface area contributed by atoms with E-state index in [2.05, 4.69) is 41.0 Å². The summed E-state index contributed by atoms with van der Waals surface area (Å²) < 4.78 is 76.9. The van der Waals surface area contributed by atoms with Gasteiger partial charge in [0.05, 0.1) is 0 Å². The van der Waals surface area contributed by atoms with Crippen molar-refractivity contribution in [1.82, 2.24) is 30.4 Å². The van der Waals surface area contributed by atoms with Crippen molar-refractivity contribution >= 4 is 50.5 Å². The minimum atomic E-state index is -4.20. The second-order valence-electron chi connectivity index (χ2n) is 10.9. The fourth-order valence-electron chi connectivity index (χ4n) is 5.23. The molecule has 2 unspecified atom stereocenters. The van der Waals surface area contributed by atoms with E-state index >= 15 is 0 Å². The Morgan fingerprint density at radius 3 is 1.47 bits per heavy atom. The van der Waals surface area contributed by atoms with Crippen LogP contribution in [0, 0.1) is 18.6 Å². The second kappa shape index (κ2) is 16.5. The van der Waals surface area contributed by atoms with Gasteiger partial charge in [0, 0.05) is 39.8 Å². The number of aryl methyl sites for hydroxylation is 1. The number of hydrogen-bond acceptors (Lipinski definition) is 12. The summed E-state index contributed by atoms with van der Waals surface area (Å²) >= 11 is 0. The van der Waals surface area contributed by atoms with Crippen molar-refractivity contribution in [1.29, 1.82) is 0 Å². The van der Waals surface area contributed by atoms with Crippen molar-refractivity contribution in [3.8, 4) is 0 Å². The highest BCUT2D eigenvalue weighted by molar-refractivity contribution is 7.54. The molecular formula is C31H34F2N10O8P2. The van der Waals surface area contributed by atoms with E-state index in [9.17, 15) is 27.5 Å². The van der Waals surface area contributed by atoms with Crippen LogP contribution in [0.4, 0.5) is 41.6 Å². The third-order valence-corrected chi connectivity index (χ3v) is 12.2. The molecule has 0 saturated carbocycles. The van der Waals surface area contributed by atoms with E-state index in [4.69, 9.17) is 18.1 Å². The van der Waals surface area contributed by atoms with Crippen LogP contribution in [-0.2, 0) is 27.2 Å². The summed E-state index contributed by atoms with van der Waals surface area (Å²) in [5, 5.41) is 18.2. The Morgan fingerprint density at radius 1 is 0.679 bits per heavy atom. The lowest BCUT2D eigenvalue weighted by Crippen LogP contribution is -2.40. The molecule has 0 spiro atoms. The van der Waals surface area contributed by atoms with Gasteiger partial charge in [-0.25, -0.2) is 38.4 Å². The van der Waals surface area contributed by atoms with Crippen molar-refractivity contribution in [2.75, 3.05) is 48.9 Å². The quantitative estimate of drug-likeness (QED) is 0.0842. The highest BCUT2D eigenvalue weighted by atomic mass is 31.2. The number of aromatic amines is 2. The zero-order valence-electron chi connectivity index (χ0n) is 28.8. The lowest BCUT2D eigenvalue weighted by Gasteiger charge is -2.33. The number of nitrogens with one attached hydrogen (secondary N) is 4. The van der Waals surface area contributed by atoms with Crippen molar-refractivity contribution in [3.05, 3.63) is 108 Å². The summed E-state index contributed by atoms with van der Waals surface area (Å²) in [6.45, 7) is 1.67. The largest absolute Gasteiger partial charge is 0.357 e. The number of rotatable bonds is 14. The summed E-state index contributed by atoms with van der Waals surface area (Å²) in [6, 6.07) is 12.4. The molecular weight excluding hydrogens is 740 g/mol. The summed E-state index contributed by atoms with van der Waals surface area (Å²) in [4.78, 5) is 38.4. The van der Waals surface area contributed by atoms with Crippen LogP contribution in [0.5, 0.6) is 0 Å². The molecule has 0 saturated heterocycles.